The molecule has 4 nitrogen and oxygen atoms in total. The van der Waals surface area contributed by atoms with E-state index >= 15 is 0 Å². The Labute approximate surface area is 172 Å². The van der Waals surface area contributed by atoms with E-state index in [-0.39, 0.29) is 36.0 Å². The normalized spacial score (nSPS) is 14.2. The summed E-state index contributed by atoms with van der Waals surface area (Å²) in [5.41, 5.74) is 0. The average Bonchev–Trinajstić information content (AvgIpc) is 2.47. The van der Waals surface area contributed by atoms with Crippen LogP contribution in [-0.2, 0) is 10.1 Å². The third-order valence-corrected chi connectivity index (χ3v) is 5.94. The van der Waals surface area contributed by atoms with Gasteiger partial charge < -0.3 is 9.66 Å². The van der Waals surface area contributed by atoms with Crippen LogP contribution in [-0.4, -0.2) is 29.4 Å². The zero-order valence-corrected chi connectivity index (χ0v) is 19.0. The van der Waals surface area contributed by atoms with E-state index in [2.05, 4.69) is 6.92 Å². The fourth-order valence-corrected chi connectivity index (χ4v) is 3.98. The van der Waals surface area contributed by atoms with Crippen LogP contribution in [0.15, 0.2) is 0 Å². The fourth-order valence-electron chi connectivity index (χ4n) is 3.05. The molecular formula is C18H37NaO4S. The minimum atomic E-state index is -4.38. The van der Waals surface area contributed by atoms with Crippen LogP contribution in [0.1, 0.15) is 104 Å². The van der Waals surface area contributed by atoms with E-state index in [1.807, 2.05) is 0 Å². The molecule has 2 atom stereocenters. The maximum absolute atomic E-state index is 11.0. The van der Waals surface area contributed by atoms with E-state index in [1.165, 1.54) is 57.8 Å². The molecule has 0 saturated carbocycles. The first-order valence-corrected chi connectivity index (χ1v) is 11.0. The SMILES string of the molecule is CCCCCCCCCCCCCCC(O)C(CC)S(=O)(=O)[O-].[Na+]. The Kier molecular flexibility index (Phi) is 19.5. The van der Waals surface area contributed by atoms with E-state index in [1.54, 1.807) is 6.92 Å². The van der Waals surface area contributed by atoms with E-state index < -0.39 is 21.5 Å². The Morgan fingerprint density at radius 1 is 0.792 bits per heavy atom. The molecule has 0 aliphatic carbocycles. The van der Waals surface area contributed by atoms with Gasteiger partial charge in [-0.05, 0) is 12.8 Å². The topological polar surface area (TPSA) is 77.4 Å². The molecule has 1 N–H and O–H groups in total. The van der Waals surface area contributed by atoms with Crippen molar-refractivity contribution in [2.75, 3.05) is 0 Å². The largest absolute Gasteiger partial charge is 1.00 e. The molecule has 6 heteroatoms. The van der Waals surface area contributed by atoms with Crippen molar-refractivity contribution in [2.45, 2.75) is 115 Å². The third kappa shape index (κ3) is 15.2. The van der Waals surface area contributed by atoms with E-state index in [4.69, 9.17) is 0 Å². The molecule has 0 aliphatic heterocycles. The van der Waals surface area contributed by atoms with Gasteiger partial charge in [-0.25, -0.2) is 8.42 Å². The number of unbranched alkanes of at least 4 members (excludes halogenated alkanes) is 11. The van der Waals surface area contributed by atoms with Gasteiger partial charge in [0.05, 0.1) is 11.4 Å². The van der Waals surface area contributed by atoms with Gasteiger partial charge in [0.1, 0.15) is 10.1 Å². The molecule has 0 heterocycles. The van der Waals surface area contributed by atoms with Crippen molar-refractivity contribution in [3.63, 3.8) is 0 Å². The van der Waals surface area contributed by atoms with Gasteiger partial charge in [-0.1, -0.05) is 90.9 Å². The fraction of sp³-hybridized carbons (Fsp3) is 1.00. The number of aliphatic hydroxyl groups excluding tert-OH is 1. The van der Waals surface area contributed by atoms with Gasteiger partial charge in [0, 0.05) is 0 Å². The molecule has 0 aliphatic rings. The molecule has 0 aromatic heterocycles. The third-order valence-electron chi connectivity index (χ3n) is 4.56. The Morgan fingerprint density at radius 3 is 1.50 bits per heavy atom. The zero-order valence-electron chi connectivity index (χ0n) is 16.1. The van der Waals surface area contributed by atoms with Gasteiger partial charge in [-0.3, -0.25) is 0 Å². The van der Waals surface area contributed by atoms with Crippen LogP contribution < -0.4 is 29.6 Å². The van der Waals surface area contributed by atoms with Crippen molar-refractivity contribution >= 4 is 10.1 Å². The maximum atomic E-state index is 11.0. The number of hydrogen-bond donors (Lipinski definition) is 1. The van der Waals surface area contributed by atoms with Gasteiger partial charge in [-0.15, -0.1) is 0 Å². The summed E-state index contributed by atoms with van der Waals surface area (Å²) in [4.78, 5) is 0. The Morgan fingerprint density at radius 2 is 1.17 bits per heavy atom. The average molecular weight is 373 g/mol. The molecule has 24 heavy (non-hydrogen) atoms. The second kappa shape index (κ2) is 17.3. The van der Waals surface area contributed by atoms with Crippen LogP contribution in [0.5, 0.6) is 0 Å². The molecule has 0 fully saturated rings. The summed E-state index contributed by atoms with van der Waals surface area (Å²) < 4.78 is 33.0. The van der Waals surface area contributed by atoms with Crippen molar-refractivity contribution in [2.24, 2.45) is 0 Å². The first-order chi connectivity index (χ1) is 10.9. The van der Waals surface area contributed by atoms with Gasteiger partial charge in [0.25, 0.3) is 0 Å². The predicted molar refractivity (Wildman–Crippen MR) is 95.5 cm³/mol. The van der Waals surface area contributed by atoms with Gasteiger partial charge in [0.2, 0.25) is 0 Å². The van der Waals surface area contributed by atoms with Crippen molar-refractivity contribution in [3.8, 4) is 0 Å². The summed E-state index contributed by atoms with van der Waals surface area (Å²) >= 11 is 0. The molecule has 0 aromatic carbocycles. The molecule has 0 spiro atoms. The summed E-state index contributed by atoms with van der Waals surface area (Å²) in [6.07, 6.45) is 14.4. The summed E-state index contributed by atoms with van der Waals surface area (Å²) in [5.74, 6) is 0. The van der Waals surface area contributed by atoms with Crippen LogP contribution in [0.3, 0.4) is 0 Å². The summed E-state index contributed by atoms with van der Waals surface area (Å²) in [5, 5.41) is 8.68. The van der Waals surface area contributed by atoms with Crippen LogP contribution in [0.2, 0.25) is 0 Å². The zero-order chi connectivity index (χ0) is 17.6. The van der Waals surface area contributed by atoms with E-state index in [9.17, 15) is 18.1 Å². The Bertz CT molecular complexity index is 360. The molecule has 0 rings (SSSR count). The van der Waals surface area contributed by atoms with Crippen LogP contribution in [0.4, 0.5) is 0 Å². The second-order valence-electron chi connectivity index (χ2n) is 6.68. The smallest absolute Gasteiger partial charge is 0.748 e. The summed E-state index contributed by atoms with van der Waals surface area (Å²) in [6, 6.07) is 0. The molecule has 0 radical (unpaired) electrons. The Hall–Kier alpha value is 0.870. The first kappa shape index (κ1) is 27.1. The number of aliphatic hydroxyl groups is 1. The summed E-state index contributed by atoms with van der Waals surface area (Å²) in [7, 11) is -4.38. The van der Waals surface area contributed by atoms with Crippen molar-refractivity contribution < 1.29 is 47.6 Å². The van der Waals surface area contributed by atoms with Crippen molar-refractivity contribution in [1.29, 1.82) is 0 Å². The first-order valence-electron chi connectivity index (χ1n) is 9.56. The second-order valence-corrected chi connectivity index (χ2v) is 8.28. The van der Waals surface area contributed by atoms with Crippen LogP contribution in [0.25, 0.3) is 0 Å². The van der Waals surface area contributed by atoms with Crippen molar-refractivity contribution in [3.05, 3.63) is 0 Å². The number of rotatable bonds is 16. The molecule has 0 amide bonds. The minimum Gasteiger partial charge on any atom is -0.748 e. The molecule has 0 aromatic rings. The van der Waals surface area contributed by atoms with Crippen molar-refractivity contribution in [1.82, 2.24) is 0 Å². The minimum absolute atomic E-state index is 0. The van der Waals surface area contributed by atoms with Crippen LogP contribution >= 0.6 is 0 Å². The molecule has 2 unspecified atom stereocenters. The van der Waals surface area contributed by atoms with Crippen LogP contribution in [0, 0.1) is 0 Å². The summed E-state index contributed by atoms with van der Waals surface area (Å²) in [6.45, 7) is 3.87. The Balaban J connectivity index is 0. The predicted octanol–water partition coefficient (Wildman–Crippen LogP) is 1.77. The molecular weight excluding hydrogens is 335 g/mol. The molecule has 0 saturated heterocycles. The van der Waals surface area contributed by atoms with Gasteiger partial charge in [-0.2, -0.15) is 0 Å². The van der Waals surface area contributed by atoms with E-state index in [0.717, 1.165) is 19.3 Å². The maximum Gasteiger partial charge on any atom is 1.00 e. The molecule has 140 valence electrons. The quantitative estimate of drug-likeness (QED) is 0.254. The number of hydrogen-bond acceptors (Lipinski definition) is 4. The van der Waals surface area contributed by atoms with Gasteiger partial charge in [0.15, 0.2) is 0 Å². The van der Waals surface area contributed by atoms with Gasteiger partial charge >= 0.3 is 29.6 Å². The molecule has 0 bridgehead atoms. The van der Waals surface area contributed by atoms with E-state index in [0.29, 0.717) is 6.42 Å². The monoisotopic (exact) mass is 372 g/mol. The standard InChI is InChI=1S/C18H38O4S.Na/c1-3-5-6-7-8-9-10-11-12-13-14-15-16-17(19)18(4-2)23(20,21)22;/h17-19H,3-16H2,1-2H3,(H,20,21,22);/q;+1/p-1.